The second kappa shape index (κ2) is 13.0. The van der Waals surface area contributed by atoms with E-state index in [2.05, 4.69) is 0 Å². The molecule has 0 aliphatic heterocycles. The van der Waals surface area contributed by atoms with Crippen LogP contribution in [0.15, 0.2) is 0 Å². The summed E-state index contributed by atoms with van der Waals surface area (Å²) in [5.74, 6) is -1.01. The molecular weight excluding hydrogens is 159 g/mol. The number of aliphatic hydroxyl groups excluding tert-OH is 1. The van der Waals surface area contributed by atoms with E-state index < -0.39 is 5.97 Å². The molecule has 0 aromatic rings. The quantitative estimate of drug-likeness (QED) is 0.334. The molecular formula is C6H13NaO4. The molecule has 62 valence electrons. The second-order valence-corrected chi connectivity index (χ2v) is 1.91. The third-order valence-corrected chi connectivity index (χ3v) is 1.04. The number of carboxylic acids is 1. The van der Waals surface area contributed by atoms with Gasteiger partial charge in [0, 0.05) is 12.6 Å². The first-order valence-corrected chi connectivity index (χ1v) is 3.08. The Balaban J connectivity index is -0.000000320. The molecule has 0 bridgehead atoms. The van der Waals surface area contributed by atoms with Crippen LogP contribution in [0, 0.1) is 0 Å². The van der Waals surface area contributed by atoms with E-state index in [1.165, 1.54) is 0 Å². The minimum atomic E-state index is -1.01. The van der Waals surface area contributed by atoms with Crippen LogP contribution >= 0.6 is 0 Å². The van der Waals surface area contributed by atoms with Crippen molar-refractivity contribution in [3.05, 3.63) is 0 Å². The van der Waals surface area contributed by atoms with E-state index in [0.29, 0.717) is 12.8 Å². The van der Waals surface area contributed by atoms with Gasteiger partial charge in [-0.1, -0.05) is 6.42 Å². The van der Waals surface area contributed by atoms with Crippen LogP contribution in [-0.2, 0) is 4.79 Å². The number of carbonyl (C=O) groups excluding carboxylic acids is 1. The normalized spacial score (nSPS) is 7.73. The van der Waals surface area contributed by atoms with Gasteiger partial charge in [0.25, 0.3) is 0 Å². The summed E-state index contributed by atoms with van der Waals surface area (Å²) in [6, 6.07) is 0. The SMILES string of the molecule is O.O=C([O-])CCCCCO.[Na+]. The first-order valence-electron chi connectivity index (χ1n) is 3.08. The zero-order valence-corrected chi connectivity index (χ0v) is 8.80. The first-order chi connectivity index (χ1) is 4.27. The smallest absolute Gasteiger partial charge is 0.550 e. The fourth-order valence-corrected chi connectivity index (χ4v) is 0.558. The van der Waals surface area contributed by atoms with Crippen LogP contribution in [0.25, 0.3) is 0 Å². The van der Waals surface area contributed by atoms with Crippen LogP contribution in [0.4, 0.5) is 0 Å². The number of aliphatic carboxylic acids is 1. The molecule has 0 aliphatic carbocycles. The van der Waals surface area contributed by atoms with E-state index in [9.17, 15) is 9.90 Å². The number of aliphatic hydroxyl groups is 1. The Morgan fingerprint density at radius 1 is 1.27 bits per heavy atom. The topological polar surface area (TPSA) is 91.9 Å². The van der Waals surface area contributed by atoms with Gasteiger partial charge in [-0.2, -0.15) is 0 Å². The fraction of sp³-hybridized carbons (Fsp3) is 0.833. The summed E-state index contributed by atoms with van der Waals surface area (Å²) in [6.07, 6.45) is 2.18. The number of carboxylic acid groups (broad SMARTS) is 1. The van der Waals surface area contributed by atoms with E-state index in [0.717, 1.165) is 6.42 Å². The van der Waals surface area contributed by atoms with Crippen LogP contribution in [-0.4, -0.2) is 23.2 Å². The standard InChI is InChI=1S/C6H12O3.Na.H2O/c7-5-3-1-2-4-6(8)9;;/h7H,1-5H2,(H,8,9);;1H2/q;+1;/p-1. The van der Waals surface area contributed by atoms with Gasteiger partial charge in [-0.15, -0.1) is 0 Å². The van der Waals surface area contributed by atoms with Crippen LogP contribution in [0.3, 0.4) is 0 Å². The molecule has 0 aliphatic rings. The average Bonchev–Trinajstić information content (AvgIpc) is 1.80. The summed E-state index contributed by atoms with van der Waals surface area (Å²) in [4.78, 5) is 9.79. The predicted octanol–water partition coefficient (Wildman–Crippen LogP) is -4.53. The fourth-order valence-electron chi connectivity index (χ4n) is 0.558. The zero-order chi connectivity index (χ0) is 7.11. The molecule has 0 aromatic heterocycles. The van der Waals surface area contributed by atoms with Gasteiger partial charge in [0.15, 0.2) is 0 Å². The van der Waals surface area contributed by atoms with Crippen molar-refractivity contribution in [2.45, 2.75) is 25.7 Å². The number of hydrogen-bond donors (Lipinski definition) is 1. The summed E-state index contributed by atoms with van der Waals surface area (Å²) in [5.41, 5.74) is 0. The Bertz CT molecular complexity index is 86.7. The third kappa shape index (κ3) is 17.9. The summed E-state index contributed by atoms with van der Waals surface area (Å²) in [7, 11) is 0. The summed E-state index contributed by atoms with van der Waals surface area (Å²) >= 11 is 0. The molecule has 0 radical (unpaired) electrons. The Morgan fingerprint density at radius 3 is 2.18 bits per heavy atom. The van der Waals surface area contributed by atoms with Gasteiger partial charge in [-0.05, 0) is 19.3 Å². The molecule has 0 atom stereocenters. The number of rotatable bonds is 5. The molecule has 4 nitrogen and oxygen atoms in total. The molecule has 0 heterocycles. The maximum atomic E-state index is 9.79. The van der Waals surface area contributed by atoms with Crippen molar-refractivity contribution in [2.75, 3.05) is 6.61 Å². The summed E-state index contributed by atoms with van der Waals surface area (Å²) in [6.45, 7) is 0.146. The van der Waals surface area contributed by atoms with Gasteiger partial charge in [0.2, 0.25) is 0 Å². The number of unbranched alkanes of at least 4 members (excludes halogenated alkanes) is 2. The molecule has 0 saturated heterocycles. The third-order valence-electron chi connectivity index (χ3n) is 1.04. The van der Waals surface area contributed by atoms with E-state index in [4.69, 9.17) is 5.11 Å². The van der Waals surface area contributed by atoms with Crippen molar-refractivity contribution < 1.29 is 50.0 Å². The van der Waals surface area contributed by atoms with Crippen LogP contribution in [0.1, 0.15) is 25.7 Å². The van der Waals surface area contributed by atoms with Crippen molar-refractivity contribution in [2.24, 2.45) is 0 Å². The molecule has 11 heavy (non-hydrogen) atoms. The molecule has 0 unspecified atom stereocenters. The van der Waals surface area contributed by atoms with Crippen molar-refractivity contribution in [1.29, 1.82) is 0 Å². The predicted molar refractivity (Wildman–Crippen MR) is 34.2 cm³/mol. The largest absolute Gasteiger partial charge is 1.00 e. The van der Waals surface area contributed by atoms with Crippen LogP contribution in [0.5, 0.6) is 0 Å². The van der Waals surface area contributed by atoms with E-state index in [1.54, 1.807) is 0 Å². The molecule has 3 N–H and O–H groups in total. The van der Waals surface area contributed by atoms with Gasteiger partial charge in [0.05, 0.1) is 0 Å². The molecule has 0 aromatic carbocycles. The Kier molecular flexibility index (Phi) is 20.7. The number of hydrogen-bond acceptors (Lipinski definition) is 3. The molecule has 0 fully saturated rings. The average molecular weight is 172 g/mol. The zero-order valence-electron chi connectivity index (χ0n) is 6.80. The van der Waals surface area contributed by atoms with E-state index in [-0.39, 0.29) is 48.1 Å². The number of carbonyl (C=O) groups is 1. The van der Waals surface area contributed by atoms with Gasteiger partial charge in [-0.25, -0.2) is 0 Å². The maximum Gasteiger partial charge on any atom is 1.00 e. The molecule has 0 rings (SSSR count). The first kappa shape index (κ1) is 17.5. The molecule has 0 saturated carbocycles. The maximum absolute atomic E-state index is 9.79. The van der Waals surface area contributed by atoms with E-state index >= 15 is 0 Å². The molecule has 0 spiro atoms. The van der Waals surface area contributed by atoms with Crippen LogP contribution < -0.4 is 34.7 Å². The molecule has 5 heteroatoms. The van der Waals surface area contributed by atoms with Crippen molar-refractivity contribution in [3.8, 4) is 0 Å². The summed E-state index contributed by atoms with van der Waals surface area (Å²) < 4.78 is 0. The summed E-state index contributed by atoms with van der Waals surface area (Å²) in [5, 5.41) is 18.1. The monoisotopic (exact) mass is 172 g/mol. The van der Waals surface area contributed by atoms with Crippen molar-refractivity contribution >= 4 is 5.97 Å². The second-order valence-electron chi connectivity index (χ2n) is 1.91. The Hall–Kier alpha value is 0.390. The molecule has 0 amide bonds. The van der Waals surface area contributed by atoms with Crippen LogP contribution in [0.2, 0.25) is 0 Å². The van der Waals surface area contributed by atoms with Gasteiger partial charge in [-0.3, -0.25) is 0 Å². The van der Waals surface area contributed by atoms with Crippen molar-refractivity contribution in [1.82, 2.24) is 0 Å². The van der Waals surface area contributed by atoms with Crippen molar-refractivity contribution in [3.63, 3.8) is 0 Å². The Labute approximate surface area is 88.2 Å². The van der Waals surface area contributed by atoms with Gasteiger partial charge >= 0.3 is 29.6 Å². The Morgan fingerprint density at radius 2 is 1.82 bits per heavy atom. The minimum absolute atomic E-state index is 0. The van der Waals surface area contributed by atoms with Gasteiger partial charge in [0.1, 0.15) is 0 Å². The minimum Gasteiger partial charge on any atom is -0.550 e. The van der Waals surface area contributed by atoms with Gasteiger partial charge < -0.3 is 20.5 Å². The van der Waals surface area contributed by atoms with E-state index in [1.807, 2.05) is 0 Å².